The molecule has 1 saturated heterocycles. The molecule has 4 heterocycles. The quantitative estimate of drug-likeness (QED) is 0.501. The average Bonchev–Trinajstić information content (AvgIpc) is 3.36. The van der Waals surface area contributed by atoms with Gasteiger partial charge in [0.2, 0.25) is 0 Å². The number of pyridine rings is 2. The Bertz CT molecular complexity index is 1220. The first-order valence-corrected chi connectivity index (χ1v) is 9.45. The molecule has 0 spiro atoms. The molecule has 3 N–H and O–H groups in total. The van der Waals surface area contributed by atoms with E-state index in [0.29, 0.717) is 0 Å². The molecule has 6 nitrogen and oxygen atoms in total. The number of carboxylic acid groups (broad SMARTS) is 1. The largest absolute Gasteiger partial charge is 0.476 e. The number of aromatic carboxylic acids is 1. The standard InChI is InChI=1S/C22H20N4O2/c1-12-10-25-21-16(12)9-15(11-26-21)14-7-13-4-6-24-20(22(27)28)19(13)17(8-14)18-3-2-5-23-18/h4,6-11,18,23H,2-3,5H2,1H3,(H,25,26)(H,27,28). The van der Waals surface area contributed by atoms with Crippen LogP contribution in [0.1, 0.15) is 40.5 Å². The number of aryl methyl sites for hydroxylation is 1. The number of carbonyl (C=O) groups is 1. The molecule has 140 valence electrons. The van der Waals surface area contributed by atoms with Crippen LogP contribution in [0.3, 0.4) is 0 Å². The van der Waals surface area contributed by atoms with E-state index < -0.39 is 5.97 Å². The van der Waals surface area contributed by atoms with Gasteiger partial charge in [0.15, 0.2) is 5.69 Å². The summed E-state index contributed by atoms with van der Waals surface area (Å²) >= 11 is 0. The van der Waals surface area contributed by atoms with Crippen molar-refractivity contribution in [3.05, 3.63) is 59.7 Å². The molecule has 1 atom stereocenters. The van der Waals surface area contributed by atoms with E-state index >= 15 is 0 Å². The van der Waals surface area contributed by atoms with Crippen LogP contribution in [0.5, 0.6) is 0 Å². The third-order valence-electron chi connectivity index (χ3n) is 5.60. The summed E-state index contributed by atoms with van der Waals surface area (Å²) in [5.74, 6) is -0.997. The van der Waals surface area contributed by atoms with Gasteiger partial charge >= 0.3 is 5.97 Å². The van der Waals surface area contributed by atoms with E-state index in [0.717, 1.165) is 63.4 Å². The number of carboxylic acids is 1. The maximum atomic E-state index is 11.8. The molecule has 1 fully saturated rings. The number of aromatic nitrogens is 3. The first-order chi connectivity index (χ1) is 13.6. The third-order valence-corrected chi connectivity index (χ3v) is 5.60. The highest BCUT2D eigenvalue weighted by molar-refractivity contribution is 6.05. The van der Waals surface area contributed by atoms with Gasteiger partial charge in [0.05, 0.1) is 0 Å². The summed E-state index contributed by atoms with van der Waals surface area (Å²) in [6, 6.07) is 8.30. The predicted octanol–water partition coefficient (Wildman–Crippen LogP) is 4.21. The average molecular weight is 372 g/mol. The molecule has 0 bridgehead atoms. The molecule has 1 unspecified atom stereocenters. The highest BCUT2D eigenvalue weighted by Crippen LogP contribution is 2.36. The van der Waals surface area contributed by atoms with Crippen molar-refractivity contribution < 1.29 is 9.90 Å². The number of rotatable bonds is 3. The summed E-state index contributed by atoms with van der Waals surface area (Å²) in [6.07, 6.45) is 7.46. The zero-order valence-electron chi connectivity index (χ0n) is 15.5. The molecule has 3 aromatic heterocycles. The second-order valence-electron chi connectivity index (χ2n) is 7.37. The number of aromatic amines is 1. The number of nitrogens with one attached hydrogen (secondary N) is 2. The van der Waals surface area contributed by atoms with Crippen LogP contribution in [0.15, 0.2) is 42.9 Å². The lowest BCUT2D eigenvalue weighted by atomic mass is 9.92. The van der Waals surface area contributed by atoms with Crippen molar-refractivity contribution in [3.8, 4) is 11.1 Å². The van der Waals surface area contributed by atoms with Crippen molar-refractivity contribution in [1.29, 1.82) is 0 Å². The van der Waals surface area contributed by atoms with E-state index in [1.165, 1.54) is 0 Å². The van der Waals surface area contributed by atoms with E-state index in [1.807, 2.05) is 24.5 Å². The van der Waals surface area contributed by atoms with Gasteiger partial charge in [-0.1, -0.05) is 0 Å². The van der Waals surface area contributed by atoms with E-state index in [9.17, 15) is 9.90 Å². The highest BCUT2D eigenvalue weighted by Gasteiger charge is 2.23. The molecular formula is C22H20N4O2. The normalized spacial score (nSPS) is 16.8. The van der Waals surface area contributed by atoms with Gasteiger partial charge in [0.25, 0.3) is 0 Å². The smallest absolute Gasteiger partial charge is 0.355 e. The van der Waals surface area contributed by atoms with Crippen molar-refractivity contribution >= 4 is 27.8 Å². The van der Waals surface area contributed by atoms with Crippen molar-refractivity contribution in [3.63, 3.8) is 0 Å². The minimum absolute atomic E-state index is 0.114. The van der Waals surface area contributed by atoms with Gasteiger partial charge in [-0.15, -0.1) is 0 Å². The highest BCUT2D eigenvalue weighted by atomic mass is 16.4. The number of fused-ring (bicyclic) bond motifs is 2. The minimum Gasteiger partial charge on any atom is -0.476 e. The molecule has 5 rings (SSSR count). The molecule has 6 heteroatoms. The molecule has 0 amide bonds. The maximum Gasteiger partial charge on any atom is 0.355 e. The molecular weight excluding hydrogens is 352 g/mol. The Morgan fingerprint density at radius 2 is 2.11 bits per heavy atom. The first-order valence-electron chi connectivity index (χ1n) is 9.45. The topological polar surface area (TPSA) is 90.9 Å². The molecule has 1 aliphatic rings. The fourth-order valence-corrected chi connectivity index (χ4v) is 4.20. The Morgan fingerprint density at radius 3 is 2.89 bits per heavy atom. The second kappa shape index (κ2) is 6.42. The minimum atomic E-state index is -0.997. The Hall–Kier alpha value is -3.25. The van der Waals surface area contributed by atoms with Crippen LogP contribution in [-0.4, -0.2) is 32.6 Å². The van der Waals surface area contributed by atoms with Crippen LogP contribution >= 0.6 is 0 Å². The lowest BCUT2D eigenvalue weighted by molar-refractivity contribution is 0.0693. The fourth-order valence-electron chi connectivity index (χ4n) is 4.20. The molecule has 4 aromatic rings. The summed E-state index contributed by atoms with van der Waals surface area (Å²) in [4.78, 5) is 23.7. The maximum absolute atomic E-state index is 11.8. The first kappa shape index (κ1) is 16.9. The molecule has 28 heavy (non-hydrogen) atoms. The summed E-state index contributed by atoms with van der Waals surface area (Å²) in [5.41, 5.74) is 5.19. The van der Waals surface area contributed by atoms with Gasteiger partial charge in [0.1, 0.15) is 5.65 Å². The monoisotopic (exact) mass is 372 g/mol. The number of benzene rings is 1. The number of hydrogen-bond donors (Lipinski definition) is 3. The van der Waals surface area contributed by atoms with E-state index in [4.69, 9.17) is 0 Å². The van der Waals surface area contributed by atoms with Gasteiger partial charge in [-0.2, -0.15) is 0 Å². The van der Waals surface area contributed by atoms with Crippen LogP contribution in [0.4, 0.5) is 0 Å². The molecule has 1 aromatic carbocycles. The van der Waals surface area contributed by atoms with Crippen LogP contribution in [0.25, 0.3) is 32.9 Å². The zero-order valence-corrected chi connectivity index (χ0v) is 15.5. The van der Waals surface area contributed by atoms with Gasteiger partial charge in [0, 0.05) is 41.0 Å². The van der Waals surface area contributed by atoms with Crippen molar-refractivity contribution in [2.45, 2.75) is 25.8 Å². The SMILES string of the molecule is Cc1c[nH]c2ncc(-c3cc(C4CCCN4)c4c(C(=O)O)nccc4c3)cc12. The van der Waals surface area contributed by atoms with Gasteiger partial charge < -0.3 is 15.4 Å². The lowest BCUT2D eigenvalue weighted by Crippen LogP contribution is -2.15. The summed E-state index contributed by atoms with van der Waals surface area (Å²) in [5, 5.41) is 15.9. The number of nitrogens with zero attached hydrogens (tertiary/aromatic N) is 2. The van der Waals surface area contributed by atoms with Crippen LogP contribution in [0.2, 0.25) is 0 Å². The Kier molecular flexibility index (Phi) is 3.87. The molecule has 0 aliphatic carbocycles. The zero-order chi connectivity index (χ0) is 19.3. The van der Waals surface area contributed by atoms with Gasteiger partial charge in [-0.25, -0.2) is 14.8 Å². The van der Waals surface area contributed by atoms with E-state index in [1.54, 1.807) is 6.20 Å². The van der Waals surface area contributed by atoms with Crippen LogP contribution in [-0.2, 0) is 0 Å². The molecule has 1 aliphatic heterocycles. The van der Waals surface area contributed by atoms with Gasteiger partial charge in [-0.3, -0.25) is 0 Å². The van der Waals surface area contributed by atoms with E-state index in [-0.39, 0.29) is 11.7 Å². The van der Waals surface area contributed by atoms with Crippen molar-refractivity contribution in [1.82, 2.24) is 20.3 Å². The van der Waals surface area contributed by atoms with Crippen molar-refractivity contribution in [2.75, 3.05) is 6.54 Å². The lowest BCUT2D eigenvalue weighted by Gasteiger charge is -2.17. The summed E-state index contributed by atoms with van der Waals surface area (Å²) in [7, 11) is 0. The fraction of sp³-hybridized carbons (Fsp3) is 0.227. The summed E-state index contributed by atoms with van der Waals surface area (Å²) < 4.78 is 0. The van der Waals surface area contributed by atoms with Crippen LogP contribution in [0, 0.1) is 6.92 Å². The third kappa shape index (κ3) is 2.65. The second-order valence-corrected chi connectivity index (χ2v) is 7.37. The molecule has 0 saturated carbocycles. The predicted molar refractivity (Wildman–Crippen MR) is 109 cm³/mol. The Morgan fingerprint density at radius 1 is 1.21 bits per heavy atom. The Balaban J connectivity index is 1.77. The van der Waals surface area contributed by atoms with Crippen LogP contribution < -0.4 is 5.32 Å². The van der Waals surface area contributed by atoms with E-state index in [2.05, 4.69) is 39.3 Å². The molecule has 0 radical (unpaired) electrons. The van der Waals surface area contributed by atoms with Crippen molar-refractivity contribution in [2.24, 2.45) is 0 Å². The summed E-state index contributed by atoms with van der Waals surface area (Å²) in [6.45, 7) is 3.00. The number of H-pyrrole nitrogens is 1. The van der Waals surface area contributed by atoms with Gasteiger partial charge in [-0.05, 0) is 72.7 Å². The Labute approximate surface area is 161 Å². The number of hydrogen-bond acceptors (Lipinski definition) is 4.